The molecule has 0 aliphatic carbocycles. The van der Waals surface area contributed by atoms with E-state index >= 15 is 0 Å². The largest absolute Gasteiger partial charge is 0.218 e. The zero-order valence-electron chi connectivity index (χ0n) is 10.1. The van der Waals surface area contributed by atoms with Crippen LogP contribution in [-0.4, -0.2) is 26.3 Å². The first-order valence-corrected chi connectivity index (χ1v) is 7.07. The fourth-order valence-corrected chi connectivity index (χ4v) is 2.93. The molecule has 0 N–H and O–H groups in total. The van der Waals surface area contributed by atoms with Gasteiger partial charge in [0.1, 0.15) is 0 Å². The summed E-state index contributed by atoms with van der Waals surface area (Å²) in [5.41, 5.74) is 1.90. The standard InChI is InChI=1S/C12H19NO2S/c1-4-9-13(3)16(14,15)10-12-8-6-5-7-11(12)2/h5-8H,4,9-10H2,1-3H3. The van der Waals surface area contributed by atoms with Crippen LogP contribution in [0.2, 0.25) is 0 Å². The van der Waals surface area contributed by atoms with Crippen LogP contribution in [0, 0.1) is 6.92 Å². The van der Waals surface area contributed by atoms with Crippen molar-refractivity contribution in [3.63, 3.8) is 0 Å². The minimum absolute atomic E-state index is 0.0934. The Balaban J connectivity index is 2.85. The smallest absolute Gasteiger partial charge is 0.212 e. The zero-order chi connectivity index (χ0) is 12.2. The Morgan fingerprint density at radius 3 is 2.44 bits per heavy atom. The molecule has 0 bridgehead atoms. The van der Waals surface area contributed by atoms with Crippen molar-refractivity contribution in [1.29, 1.82) is 0 Å². The molecule has 0 fully saturated rings. The molecule has 3 nitrogen and oxygen atoms in total. The van der Waals surface area contributed by atoms with E-state index < -0.39 is 10.0 Å². The van der Waals surface area contributed by atoms with Gasteiger partial charge in [-0.3, -0.25) is 0 Å². The van der Waals surface area contributed by atoms with Crippen molar-refractivity contribution in [3.05, 3.63) is 35.4 Å². The molecule has 0 saturated carbocycles. The number of aryl methyl sites for hydroxylation is 1. The van der Waals surface area contributed by atoms with E-state index in [2.05, 4.69) is 0 Å². The molecule has 16 heavy (non-hydrogen) atoms. The molecule has 0 aliphatic rings. The summed E-state index contributed by atoms with van der Waals surface area (Å²) < 4.78 is 25.4. The first kappa shape index (κ1) is 13.2. The van der Waals surface area contributed by atoms with Gasteiger partial charge < -0.3 is 0 Å². The lowest BCUT2D eigenvalue weighted by atomic mass is 10.1. The molecule has 0 heterocycles. The molecule has 1 rings (SSSR count). The second-order valence-corrected chi connectivity index (χ2v) is 6.08. The molecule has 1 aromatic carbocycles. The lowest BCUT2D eigenvalue weighted by Gasteiger charge is -2.16. The summed E-state index contributed by atoms with van der Waals surface area (Å²) in [7, 11) is -1.53. The minimum atomic E-state index is -3.16. The molecule has 0 radical (unpaired) electrons. The van der Waals surface area contributed by atoms with Gasteiger partial charge in [0.2, 0.25) is 10.0 Å². The van der Waals surface area contributed by atoms with E-state index in [1.54, 1.807) is 7.05 Å². The fraction of sp³-hybridized carbons (Fsp3) is 0.500. The van der Waals surface area contributed by atoms with Crippen LogP contribution in [-0.2, 0) is 15.8 Å². The van der Waals surface area contributed by atoms with Gasteiger partial charge >= 0.3 is 0 Å². The summed E-state index contributed by atoms with van der Waals surface area (Å²) >= 11 is 0. The number of hydrogen-bond donors (Lipinski definition) is 0. The minimum Gasteiger partial charge on any atom is -0.212 e. The quantitative estimate of drug-likeness (QED) is 0.792. The van der Waals surface area contributed by atoms with Crippen molar-refractivity contribution < 1.29 is 8.42 Å². The number of rotatable bonds is 5. The third-order valence-electron chi connectivity index (χ3n) is 2.61. The maximum absolute atomic E-state index is 12.0. The van der Waals surface area contributed by atoms with Gasteiger partial charge in [-0.25, -0.2) is 12.7 Å². The van der Waals surface area contributed by atoms with Crippen LogP contribution in [0.5, 0.6) is 0 Å². The first-order chi connectivity index (χ1) is 7.47. The summed E-state index contributed by atoms with van der Waals surface area (Å²) in [6.07, 6.45) is 0.837. The highest BCUT2D eigenvalue weighted by Gasteiger charge is 2.18. The van der Waals surface area contributed by atoms with E-state index in [4.69, 9.17) is 0 Å². The Labute approximate surface area is 98.1 Å². The maximum atomic E-state index is 12.0. The molecule has 0 saturated heterocycles. The van der Waals surface area contributed by atoms with Gasteiger partial charge in [0, 0.05) is 13.6 Å². The molecule has 0 amide bonds. The Morgan fingerprint density at radius 1 is 1.25 bits per heavy atom. The van der Waals surface area contributed by atoms with E-state index in [-0.39, 0.29) is 5.75 Å². The molecule has 90 valence electrons. The third kappa shape index (κ3) is 3.32. The highest BCUT2D eigenvalue weighted by Crippen LogP contribution is 2.13. The van der Waals surface area contributed by atoms with Gasteiger partial charge in [0.25, 0.3) is 0 Å². The van der Waals surface area contributed by atoms with Crippen LogP contribution in [0.1, 0.15) is 24.5 Å². The molecule has 0 atom stereocenters. The second-order valence-electron chi connectivity index (χ2n) is 4.00. The topological polar surface area (TPSA) is 37.4 Å². The van der Waals surface area contributed by atoms with Gasteiger partial charge in [-0.05, 0) is 24.5 Å². The van der Waals surface area contributed by atoms with E-state index in [9.17, 15) is 8.42 Å². The van der Waals surface area contributed by atoms with E-state index in [1.807, 2.05) is 38.1 Å². The van der Waals surface area contributed by atoms with E-state index in [1.165, 1.54) is 4.31 Å². The van der Waals surface area contributed by atoms with Gasteiger partial charge in [-0.2, -0.15) is 0 Å². The maximum Gasteiger partial charge on any atom is 0.218 e. The highest BCUT2D eigenvalue weighted by atomic mass is 32.2. The van der Waals surface area contributed by atoms with Crippen molar-refractivity contribution in [2.75, 3.05) is 13.6 Å². The Bertz CT molecular complexity index is 440. The fourth-order valence-electron chi connectivity index (χ4n) is 1.53. The van der Waals surface area contributed by atoms with Gasteiger partial charge in [0.05, 0.1) is 5.75 Å². The van der Waals surface area contributed by atoms with Crippen molar-refractivity contribution in [2.45, 2.75) is 26.0 Å². The van der Waals surface area contributed by atoms with Crippen molar-refractivity contribution in [3.8, 4) is 0 Å². The number of nitrogens with zero attached hydrogens (tertiary/aromatic N) is 1. The van der Waals surface area contributed by atoms with Gasteiger partial charge in [-0.1, -0.05) is 31.2 Å². The van der Waals surface area contributed by atoms with Crippen molar-refractivity contribution >= 4 is 10.0 Å². The van der Waals surface area contributed by atoms with Crippen LogP contribution >= 0.6 is 0 Å². The number of benzene rings is 1. The molecule has 0 unspecified atom stereocenters. The molecule has 0 spiro atoms. The van der Waals surface area contributed by atoms with Crippen LogP contribution < -0.4 is 0 Å². The van der Waals surface area contributed by atoms with Crippen molar-refractivity contribution in [2.24, 2.45) is 0 Å². The molecular formula is C12H19NO2S. The van der Waals surface area contributed by atoms with Crippen molar-refractivity contribution in [1.82, 2.24) is 4.31 Å². The normalized spacial score (nSPS) is 12.0. The summed E-state index contributed by atoms with van der Waals surface area (Å²) in [6, 6.07) is 7.59. The third-order valence-corrected chi connectivity index (χ3v) is 4.42. The van der Waals surface area contributed by atoms with Gasteiger partial charge in [-0.15, -0.1) is 0 Å². The SMILES string of the molecule is CCCN(C)S(=O)(=O)Cc1ccccc1C. The molecule has 0 aliphatic heterocycles. The summed E-state index contributed by atoms with van der Waals surface area (Å²) in [6.45, 7) is 4.48. The average Bonchev–Trinajstić information content (AvgIpc) is 2.21. The monoisotopic (exact) mass is 241 g/mol. The predicted molar refractivity (Wildman–Crippen MR) is 66.7 cm³/mol. The second kappa shape index (κ2) is 5.46. The summed E-state index contributed by atoms with van der Waals surface area (Å²) in [5.74, 6) is 0.0934. The Hall–Kier alpha value is -0.870. The average molecular weight is 241 g/mol. The van der Waals surface area contributed by atoms with Crippen LogP contribution in [0.4, 0.5) is 0 Å². The molecule has 1 aromatic rings. The lowest BCUT2D eigenvalue weighted by Crippen LogP contribution is -2.29. The number of sulfonamides is 1. The van der Waals surface area contributed by atoms with Gasteiger partial charge in [0.15, 0.2) is 0 Å². The first-order valence-electron chi connectivity index (χ1n) is 5.46. The van der Waals surface area contributed by atoms with E-state index in [0.717, 1.165) is 17.5 Å². The summed E-state index contributed by atoms with van der Waals surface area (Å²) in [4.78, 5) is 0. The predicted octanol–water partition coefficient (Wildman–Crippen LogP) is 2.17. The number of hydrogen-bond acceptors (Lipinski definition) is 2. The highest BCUT2D eigenvalue weighted by molar-refractivity contribution is 7.88. The lowest BCUT2D eigenvalue weighted by molar-refractivity contribution is 0.467. The Morgan fingerprint density at radius 2 is 1.88 bits per heavy atom. The van der Waals surface area contributed by atoms with E-state index in [0.29, 0.717) is 6.54 Å². The summed E-state index contributed by atoms with van der Waals surface area (Å²) in [5, 5.41) is 0. The van der Waals surface area contributed by atoms with Crippen LogP contribution in [0.25, 0.3) is 0 Å². The zero-order valence-corrected chi connectivity index (χ0v) is 10.9. The van der Waals surface area contributed by atoms with Crippen LogP contribution in [0.3, 0.4) is 0 Å². The molecule has 4 heteroatoms. The molecular weight excluding hydrogens is 222 g/mol. The molecule has 0 aromatic heterocycles. The Kier molecular flexibility index (Phi) is 4.50. The van der Waals surface area contributed by atoms with Crippen LogP contribution in [0.15, 0.2) is 24.3 Å².